The Balaban J connectivity index is 1.49. The number of hydrogen-bond acceptors (Lipinski definition) is 7. The minimum Gasteiger partial charge on any atom is -0.493 e. The van der Waals surface area contributed by atoms with Gasteiger partial charge in [0.1, 0.15) is 6.10 Å². The topological polar surface area (TPSA) is 98.8 Å². The van der Waals surface area contributed by atoms with Crippen LogP contribution in [0.15, 0.2) is 36.4 Å². The summed E-state index contributed by atoms with van der Waals surface area (Å²) in [4.78, 5) is 29.4. The van der Waals surface area contributed by atoms with E-state index in [4.69, 9.17) is 14.2 Å². The molecule has 0 bridgehead atoms. The number of benzene rings is 2. The zero-order valence-electron chi connectivity index (χ0n) is 16.6. The van der Waals surface area contributed by atoms with E-state index in [2.05, 4.69) is 15.6 Å². The molecule has 2 N–H and O–H groups in total. The summed E-state index contributed by atoms with van der Waals surface area (Å²) in [5, 5.41) is 6.07. The van der Waals surface area contributed by atoms with Gasteiger partial charge < -0.3 is 19.5 Å². The Morgan fingerprint density at radius 1 is 1.13 bits per heavy atom. The Morgan fingerprint density at radius 3 is 2.67 bits per heavy atom. The van der Waals surface area contributed by atoms with Gasteiger partial charge in [-0.2, -0.15) is 0 Å². The number of thiazole rings is 1. The van der Waals surface area contributed by atoms with Crippen molar-refractivity contribution in [3.8, 4) is 11.5 Å². The van der Waals surface area contributed by atoms with Crippen molar-refractivity contribution in [3.63, 3.8) is 0 Å². The fourth-order valence-corrected chi connectivity index (χ4v) is 4.09. The van der Waals surface area contributed by atoms with Gasteiger partial charge in [0, 0.05) is 30.0 Å². The molecule has 9 heteroatoms. The van der Waals surface area contributed by atoms with Crippen molar-refractivity contribution in [3.05, 3.63) is 42.0 Å². The molecule has 1 fully saturated rings. The molecule has 1 aliphatic rings. The lowest BCUT2D eigenvalue weighted by atomic mass is 10.1. The first-order chi connectivity index (χ1) is 14.6. The van der Waals surface area contributed by atoms with Gasteiger partial charge in [-0.25, -0.2) is 4.98 Å². The van der Waals surface area contributed by atoms with E-state index in [0.717, 1.165) is 11.1 Å². The molecular formula is C21H21N3O5S. The lowest BCUT2D eigenvalue weighted by molar-refractivity contribution is -0.124. The lowest BCUT2D eigenvalue weighted by Crippen LogP contribution is -2.27. The first-order valence-electron chi connectivity index (χ1n) is 9.44. The lowest BCUT2D eigenvalue weighted by Gasteiger charge is -2.11. The summed E-state index contributed by atoms with van der Waals surface area (Å²) in [5.74, 6) is 0.657. The molecule has 2 heterocycles. The summed E-state index contributed by atoms with van der Waals surface area (Å²) in [6, 6.07) is 10.3. The number of carbonyl (C=O) groups excluding carboxylic acids is 2. The Bertz CT molecular complexity index is 1050. The van der Waals surface area contributed by atoms with Crippen molar-refractivity contribution in [2.24, 2.45) is 0 Å². The molecule has 0 spiro atoms. The summed E-state index contributed by atoms with van der Waals surface area (Å²) < 4.78 is 16.9. The van der Waals surface area contributed by atoms with E-state index in [9.17, 15) is 9.59 Å². The summed E-state index contributed by atoms with van der Waals surface area (Å²) in [7, 11) is 3.13. The summed E-state index contributed by atoms with van der Waals surface area (Å²) >= 11 is 1.34. The number of nitrogens with one attached hydrogen (secondary N) is 2. The van der Waals surface area contributed by atoms with Gasteiger partial charge in [0.2, 0.25) is 0 Å². The van der Waals surface area contributed by atoms with E-state index < -0.39 is 6.10 Å². The molecule has 1 aromatic heterocycles. The van der Waals surface area contributed by atoms with Gasteiger partial charge in [0.25, 0.3) is 11.8 Å². The molecule has 0 aliphatic carbocycles. The molecule has 8 nitrogen and oxygen atoms in total. The van der Waals surface area contributed by atoms with Crippen molar-refractivity contribution in [2.45, 2.75) is 18.9 Å². The molecular weight excluding hydrogens is 406 g/mol. The number of amides is 2. The van der Waals surface area contributed by atoms with E-state index in [1.165, 1.54) is 11.3 Å². The first-order valence-corrected chi connectivity index (χ1v) is 10.3. The fraction of sp³-hybridized carbons (Fsp3) is 0.286. The molecule has 2 amide bonds. The van der Waals surface area contributed by atoms with Crippen LogP contribution in [0.4, 0.5) is 10.8 Å². The fourth-order valence-electron chi connectivity index (χ4n) is 3.22. The number of methoxy groups -OCH3 is 2. The van der Waals surface area contributed by atoms with Crippen molar-refractivity contribution in [2.75, 3.05) is 31.5 Å². The molecule has 4 rings (SSSR count). The Kier molecular flexibility index (Phi) is 5.82. The summed E-state index contributed by atoms with van der Waals surface area (Å²) in [5.41, 5.74) is 1.65. The third kappa shape index (κ3) is 4.22. The van der Waals surface area contributed by atoms with Gasteiger partial charge in [-0.1, -0.05) is 17.4 Å². The van der Waals surface area contributed by atoms with Crippen LogP contribution in [0, 0.1) is 0 Å². The van der Waals surface area contributed by atoms with E-state index in [0.29, 0.717) is 46.4 Å². The highest BCUT2D eigenvalue weighted by Crippen LogP contribution is 2.36. The highest BCUT2D eigenvalue weighted by atomic mass is 32.1. The number of carbonyl (C=O) groups is 2. The second-order valence-corrected chi connectivity index (χ2v) is 7.75. The van der Waals surface area contributed by atoms with Crippen LogP contribution in [0.5, 0.6) is 11.5 Å². The smallest absolute Gasteiger partial charge is 0.257 e. The highest BCUT2D eigenvalue weighted by molar-refractivity contribution is 7.22. The van der Waals surface area contributed by atoms with Gasteiger partial charge in [-0.05, 0) is 31.0 Å². The minimum atomic E-state index is -0.431. The van der Waals surface area contributed by atoms with Crippen molar-refractivity contribution < 1.29 is 23.8 Å². The molecule has 2 aromatic carbocycles. The van der Waals surface area contributed by atoms with Crippen LogP contribution < -0.4 is 20.1 Å². The predicted molar refractivity (Wildman–Crippen MR) is 115 cm³/mol. The number of hydrogen-bond donors (Lipinski definition) is 2. The number of fused-ring (bicyclic) bond motifs is 1. The standard InChI is InChI=1S/C21H21N3O5S/c1-27-16-10-14-18(11-17(16)28-2)30-21(23-14)24-19(25)12-5-3-6-13(9-12)22-20(26)15-7-4-8-29-15/h3,5-6,9-11,15H,4,7-8H2,1-2H3,(H,22,26)(H,23,24,25). The molecule has 156 valence electrons. The molecule has 1 saturated heterocycles. The quantitative estimate of drug-likeness (QED) is 0.623. The van der Waals surface area contributed by atoms with Crippen molar-refractivity contribution >= 4 is 44.2 Å². The van der Waals surface area contributed by atoms with Crippen LogP contribution in [0.3, 0.4) is 0 Å². The van der Waals surface area contributed by atoms with Crippen LogP contribution in [-0.4, -0.2) is 43.7 Å². The number of rotatable bonds is 6. The maximum Gasteiger partial charge on any atom is 0.257 e. The molecule has 1 aliphatic heterocycles. The number of ether oxygens (including phenoxy) is 3. The number of nitrogens with zero attached hydrogens (tertiary/aromatic N) is 1. The second kappa shape index (κ2) is 8.68. The maximum absolute atomic E-state index is 12.7. The van der Waals surface area contributed by atoms with Crippen LogP contribution in [0.25, 0.3) is 10.2 Å². The highest BCUT2D eigenvalue weighted by Gasteiger charge is 2.23. The van der Waals surface area contributed by atoms with Crippen LogP contribution in [0.1, 0.15) is 23.2 Å². The summed E-state index contributed by atoms with van der Waals surface area (Å²) in [6.45, 7) is 0.598. The van der Waals surface area contributed by atoms with Gasteiger partial charge in [0.05, 0.1) is 24.4 Å². The van der Waals surface area contributed by atoms with E-state index in [-0.39, 0.29) is 11.8 Å². The minimum absolute atomic E-state index is 0.195. The third-order valence-corrected chi connectivity index (χ3v) is 5.66. The predicted octanol–water partition coefficient (Wildman–Crippen LogP) is 3.68. The van der Waals surface area contributed by atoms with E-state index in [1.807, 2.05) is 6.07 Å². The Hall–Kier alpha value is -3.17. The van der Waals surface area contributed by atoms with Gasteiger partial charge in [0.15, 0.2) is 16.6 Å². The van der Waals surface area contributed by atoms with Gasteiger partial charge >= 0.3 is 0 Å². The summed E-state index contributed by atoms with van der Waals surface area (Å²) in [6.07, 6.45) is 1.15. The van der Waals surface area contributed by atoms with Crippen LogP contribution in [0.2, 0.25) is 0 Å². The van der Waals surface area contributed by atoms with Crippen molar-refractivity contribution in [1.29, 1.82) is 0 Å². The van der Waals surface area contributed by atoms with Crippen LogP contribution in [-0.2, 0) is 9.53 Å². The molecule has 0 saturated carbocycles. The zero-order valence-corrected chi connectivity index (χ0v) is 17.4. The normalized spacial score (nSPS) is 15.7. The Labute approximate surface area is 177 Å². The molecule has 0 radical (unpaired) electrons. The molecule has 1 unspecified atom stereocenters. The van der Waals surface area contributed by atoms with Crippen molar-refractivity contribution in [1.82, 2.24) is 4.98 Å². The second-order valence-electron chi connectivity index (χ2n) is 6.72. The Morgan fingerprint density at radius 2 is 1.93 bits per heavy atom. The van der Waals surface area contributed by atoms with E-state index >= 15 is 0 Å². The number of anilines is 2. The van der Waals surface area contributed by atoms with Crippen LogP contribution >= 0.6 is 11.3 Å². The largest absolute Gasteiger partial charge is 0.493 e. The first kappa shape index (κ1) is 20.1. The SMILES string of the molecule is COc1cc2nc(NC(=O)c3cccc(NC(=O)C4CCCO4)c3)sc2cc1OC. The zero-order chi connectivity index (χ0) is 21.1. The van der Waals surface area contributed by atoms with Gasteiger partial charge in [-0.3, -0.25) is 14.9 Å². The molecule has 1 atom stereocenters. The monoisotopic (exact) mass is 427 g/mol. The van der Waals surface area contributed by atoms with E-state index in [1.54, 1.807) is 44.6 Å². The molecule has 3 aromatic rings. The average Bonchev–Trinajstić information content (AvgIpc) is 3.42. The number of aromatic nitrogens is 1. The molecule has 30 heavy (non-hydrogen) atoms. The van der Waals surface area contributed by atoms with Gasteiger partial charge in [-0.15, -0.1) is 0 Å². The third-order valence-electron chi connectivity index (χ3n) is 4.73. The maximum atomic E-state index is 12.7. The average molecular weight is 427 g/mol.